The third-order valence-corrected chi connectivity index (χ3v) is 3.47. The molecule has 0 saturated carbocycles. The fourth-order valence-electron chi connectivity index (χ4n) is 2.37. The Bertz CT molecular complexity index is 755. The quantitative estimate of drug-likeness (QED) is 0.786. The number of aromatic nitrogens is 1. The predicted octanol–water partition coefficient (Wildman–Crippen LogP) is 3.74. The van der Waals surface area contributed by atoms with E-state index in [2.05, 4.69) is 4.98 Å². The Labute approximate surface area is 117 Å². The molecule has 20 heavy (non-hydrogen) atoms. The number of aromatic amines is 1. The lowest BCUT2D eigenvalue weighted by Gasteiger charge is -2.20. The number of nitrogens with zero attached hydrogens (tertiary/aromatic N) is 1. The average molecular weight is 268 g/mol. The van der Waals surface area contributed by atoms with E-state index in [9.17, 15) is 4.79 Å². The summed E-state index contributed by atoms with van der Waals surface area (Å²) in [4.78, 5) is 17.4. The maximum absolute atomic E-state index is 12.6. The van der Waals surface area contributed by atoms with E-state index >= 15 is 0 Å². The maximum atomic E-state index is 12.6. The van der Waals surface area contributed by atoms with E-state index in [4.69, 9.17) is 4.42 Å². The number of hydrogen-bond acceptors (Lipinski definition) is 2. The summed E-state index contributed by atoms with van der Waals surface area (Å²) in [5.74, 6) is 0.297. The molecule has 0 spiro atoms. The van der Waals surface area contributed by atoms with Crippen molar-refractivity contribution in [3.8, 4) is 0 Å². The highest BCUT2D eigenvalue weighted by atomic mass is 16.3. The number of aryl methyl sites for hydroxylation is 1. The SMILES string of the molecule is CCN(C(=O)c1occc1C)c1ccc2[nH]ccc2c1. The molecule has 102 valence electrons. The van der Waals surface area contributed by atoms with Crippen LogP contribution in [0.2, 0.25) is 0 Å². The van der Waals surface area contributed by atoms with E-state index in [0.717, 1.165) is 22.2 Å². The summed E-state index contributed by atoms with van der Waals surface area (Å²) in [5.41, 5.74) is 2.79. The van der Waals surface area contributed by atoms with Crippen molar-refractivity contribution in [2.45, 2.75) is 13.8 Å². The molecule has 0 aliphatic rings. The molecule has 1 amide bonds. The van der Waals surface area contributed by atoms with Gasteiger partial charge >= 0.3 is 0 Å². The summed E-state index contributed by atoms with van der Waals surface area (Å²) in [6.07, 6.45) is 3.44. The van der Waals surface area contributed by atoms with E-state index in [1.54, 1.807) is 17.2 Å². The number of nitrogens with one attached hydrogen (secondary N) is 1. The molecule has 3 aromatic rings. The number of H-pyrrole nitrogens is 1. The second-order valence-electron chi connectivity index (χ2n) is 4.73. The molecular formula is C16H16N2O2. The number of rotatable bonds is 3. The largest absolute Gasteiger partial charge is 0.459 e. The number of amides is 1. The van der Waals surface area contributed by atoms with Gasteiger partial charge in [0.15, 0.2) is 5.76 Å². The van der Waals surface area contributed by atoms with Gasteiger partial charge in [0.1, 0.15) is 0 Å². The van der Waals surface area contributed by atoms with Gasteiger partial charge in [-0.25, -0.2) is 0 Å². The van der Waals surface area contributed by atoms with Crippen molar-refractivity contribution in [3.05, 3.63) is 54.1 Å². The van der Waals surface area contributed by atoms with Crippen LogP contribution in [0.3, 0.4) is 0 Å². The smallest absolute Gasteiger partial charge is 0.294 e. The number of benzene rings is 1. The number of carbonyl (C=O) groups is 1. The fourth-order valence-corrected chi connectivity index (χ4v) is 2.37. The van der Waals surface area contributed by atoms with Crippen LogP contribution in [0, 0.1) is 6.92 Å². The zero-order valence-electron chi connectivity index (χ0n) is 11.5. The van der Waals surface area contributed by atoms with E-state index < -0.39 is 0 Å². The lowest BCUT2D eigenvalue weighted by Crippen LogP contribution is -2.30. The summed E-state index contributed by atoms with van der Waals surface area (Å²) < 4.78 is 5.31. The maximum Gasteiger partial charge on any atom is 0.294 e. The lowest BCUT2D eigenvalue weighted by molar-refractivity contribution is 0.0961. The monoisotopic (exact) mass is 268 g/mol. The molecule has 0 unspecified atom stereocenters. The molecule has 3 rings (SSSR count). The minimum Gasteiger partial charge on any atom is -0.459 e. The van der Waals surface area contributed by atoms with Gasteiger partial charge in [0.25, 0.3) is 5.91 Å². The van der Waals surface area contributed by atoms with Crippen molar-refractivity contribution in [1.29, 1.82) is 0 Å². The highest BCUT2D eigenvalue weighted by Crippen LogP contribution is 2.23. The number of carbonyl (C=O) groups excluding carboxylic acids is 1. The molecule has 0 fully saturated rings. The molecule has 0 radical (unpaired) electrons. The van der Waals surface area contributed by atoms with Crippen LogP contribution in [0.5, 0.6) is 0 Å². The van der Waals surface area contributed by atoms with Crippen molar-refractivity contribution < 1.29 is 9.21 Å². The van der Waals surface area contributed by atoms with Crippen LogP contribution in [0.1, 0.15) is 23.0 Å². The molecule has 4 nitrogen and oxygen atoms in total. The molecule has 2 heterocycles. The van der Waals surface area contributed by atoms with Crippen LogP contribution in [-0.4, -0.2) is 17.4 Å². The minimum atomic E-state index is -0.107. The molecule has 1 N–H and O–H groups in total. The van der Waals surface area contributed by atoms with Crippen LogP contribution in [-0.2, 0) is 0 Å². The molecular weight excluding hydrogens is 252 g/mol. The van der Waals surface area contributed by atoms with Crippen molar-refractivity contribution in [3.63, 3.8) is 0 Å². The third-order valence-electron chi connectivity index (χ3n) is 3.47. The third kappa shape index (κ3) is 1.99. The fraction of sp³-hybridized carbons (Fsp3) is 0.188. The summed E-state index contributed by atoms with van der Waals surface area (Å²) in [6.45, 7) is 4.42. The molecule has 1 aromatic carbocycles. The standard InChI is InChI=1S/C16H16N2O2/c1-3-18(16(19)15-11(2)7-9-20-15)13-4-5-14-12(10-13)6-8-17-14/h4-10,17H,3H2,1-2H3. The summed E-state index contributed by atoms with van der Waals surface area (Å²) >= 11 is 0. The second-order valence-corrected chi connectivity index (χ2v) is 4.73. The van der Waals surface area contributed by atoms with Gasteiger partial charge in [0.2, 0.25) is 0 Å². The van der Waals surface area contributed by atoms with E-state index in [-0.39, 0.29) is 5.91 Å². The minimum absolute atomic E-state index is 0.107. The molecule has 4 heteroatoms. The Morgan fingerprint density at radius 3 is 2.85 bits per heavy atom. The van der Waals surface area contributed by atoms with Crippen molar-refractivity contribution >= 4 is 22.5 Å². The van der Waals surface area contributed by atoms with Crippen LogP contribution in [0.15, 0.2) is 47.2 Å². The van der Waals surface area contributed by atoms with Crippen LogP contribution in [0.25, 0.3) is 10.9 Å². The predicted molar refractivity (Wildman–Crippen MR) is 79.1 cm³/mol. The highest BCUT2D eigenvalue weighted by molar-refractivity contribution is 6.05. The van der Waals surface area contributed by atoms with Crippen molar-refractivity contribution in [2.75, 3.05) is 11.4 Å². The Morgan fingerprint density at radius 1 is 1.30 bits per heavy atom. The average Bonchev–Trinajstić information content (AvgIpc) is 3.07. The van der Waals surface area contributed by atoms with E-state index in [1.807, 2.05) is 44.3 Å². The first-order valence-corrected chi connectivity index (χ1v) is 6.64. The molecule has 0 saturated heterocycles. The Hall–Kier alpha value is -2.49. The first kappa shape index (κ1) is 12.5. The normalized spacial score (nSPS) is 10.9. The number of fused-ring (bicyclic) bond motifs is 1. The van der Waals surface area contributed by atoms with Crippen molar-refractivity contribution in [1.82, 2.24) is 4.98 Å². The highest BCUT2D eigenvalue weighted by Gasteiger charge is 2.20. The van der Waals surface area contributed by atoms with Gasteiger partial charge in [0, 0.05) is 34.9 Å². The zero-order chi connectivity index (χ0) is 14.1. The van der Waals surface area contributed by atoms with Gasteiger partial charge in [-0.3, -0.25) is 4.79 Å². The zero-order valence-corrected chi connectivity index (χ0v) is 11.5. The molecule has 0 aliphatic heterocycles. The Kier molecular flexibility index (Phi) is 3.06. The lowest BCUT2D eigenvalue weighted by atomic mass is 10.2. The molecule has 0 atom stereocenters. The van der Waals surface area contributed by atoms with Crippen LogP contribution in [0.4, 0.5) is 5.69 Å². The van der Waals surface area contributed by atoms with Crippen LogP contribution < -0.4 is 4.90 Å². The van der Waals surface area contributed by atoms with Crippen LogP contribution >= 0.6 is 0 Å². The number of anilines is 1. The summed E-state index contributed by atoms with van der Waals surface area (Å²) in [5, 5.41) is 1.09. The Morgan fingerprint density at radius 2 is 2.15 bits per heavy atom. The number of hydrogen-bond donors (Lipinski definition) is 1. The van der Waals surface area contributed by atoms with E-state index in [0.29, 0.717) is 12.3 Å². The molecule has 0 bridgehead atoms. The van der Waals surface area contributed by atoms with E-state index in [1.165, 1.54) is 0 Å². The van der Waals surface area contributed by atoms with Gasteiger partial charge < -0.3 is 14.3 Å². The first-order valence-electron chi connectivity index (χ1n) is 6.64. The molecule has 0 aliphatic carbocycles. The first-order chi connectivity index (χ1) is 9.70. The van der Waals surface area contributed by atoms with Gasteiger partial charge in [-0.05, 0) is 44.2 Å². The topological polar surface area (TPSA) is 49.2 Å². The Balaban J connectivity index is 2.00. The van der Waals surface area contributed by atoms with Gasteiger partial charge in [-0.1, -0.05) is 0 Å². The molecule has 2 aromatic heterocycles. The van der Waals surface area contributed by atoms with Gasteiger partial charge in [-0.15, -0.1) is 0 Å². The second kappa shape index (κ2) is 4.89. The van der Waals surface area contributed by atoms with Crippen molar-refractivity contribution in [2.24, 2.45) is 0 Å². The summed E-state index contributed by atoms with van der Waals surface area (Å²) in [6, 6.07) is 9.73. The number of furan rings is 1. The van der Waals surface area contributed by atoms with Gasteiger partial charge in [0.05, 0.1) is 6.26 Å². The van der Waals surface area contributed by atoms with Gasteiger partial charge in [-0.2, -0.15) is 0 Å². The summed E-state index contributed by atoms with van der Waals surface area (Å²) in [7, 11) is 0.